The zero-order chi connectivity index (χ0) is 22.7. The maximum absolute atomic E-state index is 12.7. The summed E-state index contributed by atoms with van der Waals surface area (Å²) in [6.45, 7) is 11.1. The monoisotopic (exact) mass is 429 g/mol. The molecular weight excluding hydrogens is 398 g/mol. The molecule has 0 unspecified atom stereocenters. The molecule has 6 heteroatoms. The molecule has 6 nitrogen and oxygen atoms in total. The minimum Gasteiger partial charge on any atom is -0.353 e. The van der Waals surface area contributed by atoms with Crippen LogP contribution in [-0.4, -0.2) is 47.1 Å². The zero-order valence-corrected chi connectivity index (χ0v) is 19.4. The summed E-state index contributed by atoms with van der Waals surface area (Å²) in [6.07, 6.45) is 0.990. The van der Waals surface area contributed by atoms with Crippen molar-refractivity contribution < 1.29 is 4.79 Å². The highest BCUT2D eigenvalue weighted by Crippen LogP contribution is 2.26. The van der Waals surface area contributed by atoms with E-state index in [9.17, 15) is 4.79 Å². The van der Waals surface area contributed by atoms with Crippen LogP contribution < -0.4 is 10.2 Å². The molecule has 1 aliphatic heterocycles. The zero-order valence-electron chi connectivity index (χ0n) is 19.4. The van der Waals surface area contributed by atoms with Crippen molar-refractivity contribution in [1.29, 1.82) is 0 Å². The molecule has 0 saturated carbocycles. The summed E-state index contributed by atoms with van der Waals surface area (Å²) in [5.41, 5.74) is 6.41. The predicted octanol–water partition coefficient (Wildman–Crippen LogP) is 4.99. The fourth-order valence-corrected chi connectivity index (χ4v) is 3.90. The first kappa shape index (κ1) is 21.8. The Balaban J connectivity index is 1.44. The highest BCUT2D eigenvalue weighted by molar-refractivity contribution is 5.89. The Bertz CT molecular complexity index is 1080. The Morgan fingerprint density at radius 3 is 2.19 bits per heavy atom. The SMILES string of the molecule is CCc1ccc(NC(=O)N2CCN(c3nc(-c4ccc(C)cc4)nc(C)c3C)CC2)cc1. The number of piperazine rings is 1. The number of carbonyl (C=O) groups excluding carboxylic acids is 1. The van der Waals surface area contributed by atoms with Crippen molar-refractivity contribution in [2.75, 3.05) is 36.4 Å². The topological polar surface area (TPSA) is 61.4 Å². The van der Waals surface area contributed by atoms with E-state index in [1.807, 2.05) is 24.0 Å². The van der Waals surface area contributed by atoms with Gasteiger partial charge in [0, 0.05) is 48.7 Å². The molecule has 0 aliphatic carbocycles. The second kappa shape index (κ2) is 9.39. The van der Waals surface area contributed by atoms with E-state index < -0.39 is 0 Å². The van der Waals surface area contributed by atoms with Gasteiger partial charge in [0.1, 0.15) is 5.82 Å². The molecule has 0 radical (unpaired) electrons. The van der Waals surface area contributed by atoms with Crippen LogP contribution in [0.1, 0.15) is 29.3 Å². The first-order valence-corrected chi connectivity index (χ1v) is 11.3. The number of nitrogens with one attached hydrogen (secondary N) is 1. The van der Waals surface area contributed by atoms with Gasteiger partial charge < -0.3 is 15.1 Å². The summed E-state index contributed by atoms with van der Waals surface area (Å²) < 4.78 is 0. The van der Waals surface area contributed by atoms with E-state index in [1.54, 1.807) is 0 Å². The summed E-state index contributed by atoms with van der Waals surface area (Å²) in [7, 11) is 0. The van der Waals surface area contributed by atoms with E-state index in [1.165, 1.54) is 11.1 Å². The number of rotatable bonds is 4. The van der Waals surface area contributed by atoms with Crippen LogP contribution in [0.15, 0.2) is 48.5 Å². The second-order valence-electron chi connectivity index (χ2n) is 8.40. The van der Waals surface area contributed by atoms with Gasteiger partial charge in [0.25, 0.3) is 0 Å². The van der Waals surface area contributed by atoms with E-state index in [-0.39, 0.29) is 6.03 Å². The molecule has 1 aliphatic rings. The van der Waals surface area contributed by atoms with Crippen molar-refractivity contribution in [3.63, 3.8) is 0 Å². The number of nitrogens with zero attached hydrogens (tertiary/aromatic N) is 4. The number of aryl methyl sites for hydroxylation is 3. The second-order valence-corrected chi connectivity index (χ2v) is 8.40. The average Bonchev–Trinajstić information content (AvgIpc) is 2.82. The maximum Gasteiger partial charge on any atom is 0.321 e. The molecule has 1 fully saturated rings. The molecule has 3 aromatic rings. The molecule has 1 saturated heterocycles. The summed E-state index contributed by atoms with van der Waals surface area (Å²) in [5.74, 6) is 1.71. The summed E-state index contributed by atoms with van der Waals surface area (Å²) >= 11 is 0. The quantitative estimate of drug-likeness (QED) is 0.635. The van der Waals surface area contributed by atoms with Crippen LogP contribution in [0.5, 0.6) is 0 Å². The lowest BCUT2D eigenvalue weighted by atomic mass is 10.1. The predicted molar refractivity (Wildman–Crippen MR) is 130 cm³/mol. The standard InChI is InChI=1S/C26H31N5O/c1-5-21-8-12-23(13-9-21)28-26(32)31-16-14-30(15-17-31)25-19(3)20(4)27-24(29-25)22-10-6-18(2)7-11-22/h6-13H,5,14-17H2,1-4H3,(H,28,32). The fourth-order valence-electron chi connectivity index (χ4n) is 3.90. The number of hydrogen-bond donors (Lipinski definition) is 1. The van der Waals surface area contributed by atoms with Crippen molar-refractivity contribution in [2.24, 2.45) is 0 Å². The Morgan fingerprint density at radius 2 is 1.56 bits per heavy atom. The van der Waals surface area contributed by atoms with Crippen molar-refractivity contribution >= 4 is 17.5 Å². The van der Waals surface area contributed by atoms with Gasteiger partial charge in [0.2, 0.25) is 0 Å². The number of aromatic nitrogens is 2. The number of hydrogen-bond acceptors (Lipinski definition) is 4. The number of urea groups is 1. The molecule has 2 heterocycles. The van der Waals surface area contributed by atoms with E-state index in [4.69, 9.17) is 9.97 Å². The smallest absolute Gasteiger partial charge is 0.321 e. The van der Waals surface area contributed by atoms with Gasteiger partial charge in [-0.3, -0.25) is 0 Å². The molecule has 166 valence electrons. The molecule has 2 amide bonds. The van der Waals surface area contributed by atoms with Crippen LogP contribution in [0.3, 0.4) is 0 Å². The lowest BCUT2D eigenvalue weighted by molar-refractivity contribution is 0.208. The minimum atomic E-state index is -0.0511. The Hall–Kier alpha value is -3.41. The third-order valence-electron chi connectivity index (χ3n) is 6.15. The van der Waals surface area contributed by atoms with Crippen molar-refractivity contribution in [3.05, 3.63) is 70.9 Å². The van der Waals surface area contributed by atoms with Gasteiger partial charge in [0.15, 0.2) is 5.82 Å². The van der Waals surface area contributed by atoms with E-state index in [0.717, 1.165) is 53.7 Å². The van der Waals surface area contributed by atoms with Gasteiger partial charge in [-0.15, -0.1) is 0 Å². The number of amides is 2. The van der Waals surface area contributed by atoms with Crippen molar-refractivity contribution in [1.82, 2.24) is 14.9 Å². The Labute approximate surface area is 190 Å². The molecule has 2 aromatic carbocycles. The molecular formula is C26H31N5O. The van der Waals surface area contributed by atoms with E-state index in [2.05, 4.69) is 67.4 Å². The van der Waals surface area contributed by atoms with Crippen LogP contribution in [0.2, 0.25) is 0 Å². The first-order chi connectivity index (χ1) is 15.4. The largest absolute Gasteiger partial charge is 0.353 e. The lowest BCUT2D eigenvalue weighted by Crippen LogP contribution is -2.50. The van der Waals surface area contributed by atoms with Gasteiger partial charge in [-0.25, -0.2) is 14.8 Å². The van der Waals surface area contributed by atoms with Gasteiger partial charge in [-0.05, 0) is 44.9 Å². The lowest BCUT2D eigenvalue weighted by Gasteiger charge is -2.36. The van der Waals surface area contributed by atoms with Crippen molar-refractivity contribution in [3.8, 4) is 11.4 Å². The molecule has 0 bridgehead atoms. The summed E-state index contributed by atoms with van der Waals surface area (Å²) in [6, 6.07) is 16.3. The Kier molecular flexibility index (Phi) is 6.40. The fraction of sp³-hybridized carbons (Fsp3) is 0.346. The third-order valence-corrected chi connectivity index (χ3v) is 6.15. The van der Waals surface area contributed by atoms with Crippen LogP contribution in [-0.2, 0) is 6.42 Å². The summed E-state index contributed by atoms with van der Waals surface area (Å²) in [4.78, 5) is 26.5. The van der Waals surface area contributed by atoms with Gasteiger partial charge in [-0.1, -0.05) is 48.9 Å². The molecule has 0 spiro atoms. The average molecular weight is 430 g/mol. The van der Waals surface area contributed by atoms with Crippen LogP contribution >= 0.6 is 0 Å². The third kappa shape index (κ3) is 4.74. The van der Waals surface area contributed by atoms with Crippen LogP contribution in [0.25, 0.3) is 11.4 Å². The molecule has 32 heavy (non-hydrogen) atoms. The maximum atomic E-state index is 12.7. The summed E-state index contributed by atoms with van der Waals surface area (Å²) in [5, 5.41) is 3.02. The van der Waals surface area contributed by atoms with E-state index in [0.29, 0.717) is 13.1 Å². The van der Waals surface area contributed by atoms with Crippen LogP contribution in [0, 0.1) is 20.8 Å². The highest BCUT2D eigenvalue weighted by atomic mass is 16.2. The molecule has 0 atom stereocenters. The first-order valence-electron chi connectivity index (χ1n) is 11.3. The van der Waals surface area contributed by atoms with Gasteiger partial charge in [0.05, 0.1) is 0 Å². The van der Waals surface area contributed by atoms with E-state index >= 15 is 0 Å². The normalized spacial score (nSPS) is 13.9. The molecule has 1 N–H and O–H groups in total. The van der Waals surface area contributed by atoms with Crippen LogP contribution in [0.4, 0.5) is 16.3 Å². The minimum absolute atomic E-state index is 0.0511. The number of benzene rings is 2. The Morgan fingerprint density at radius 1 is 0.906 bits per heavy atom. The molecule has 4 rings (SSSR count). The number of anilines is 2. The molecule has 1 aromatic heterocycles. The highest BCUT2D eigenvalue weighted by Gasteiger charge is 2.24. The number of carbonyl (C=O) groups is 1. The van der Waals surface area contributed by atoms with Gasteiger partial charge in [-0.2, -0.15) is 0 Å². The van der Waals surface area contributed by atoms with Crippen molar-refractivity contribution in [2.45, 2.75) is 34.1 Å². The van der Waals surface area contributed by atoms with Gasteiger partial charge >= 0.3 is 6.03 Å².